The molecule has 1 aliphatic rings. The Balaban J connectivity index is 1.38. The molecule has 0 amide bonds. The van der Waals surface area contributed by atoms with Crippen LogP contribution in [0.25, 0.3) is 21.9 Å². The molecule has 1 atom stereocenters. The van der Waals surface area contributed by atoms with Gasteiger partial charge in [0.05, 0.1) is 5.69 Å². The van der Waals surface area contributed by atoms with E-state index < -0.39 is 0 Å². The normalized spacial score (nSPS) is 14.7. The monoisotopic (exact) mass is 634 g/mol. The van der Waals surface area contributed by atoms with Crippen molar-refractivity contribution in [2.24, 2.45) is 0 Å². The van der Waals surface area contributed by atoms with Crippen LogP contribution in [0.15, 0.2) is 170 Å². The average Bonchev–Trinajstić information content (AvgIpc) is 3.41. The van der Waals surface area contributed by atoms with E-state index in [0.29, 0.717) is 0 Å². The molecule has 49 heavy (non-hydrogen) atoms. The molecule has 2 heteroatoms. The summed E-state index contributed by atoms with van der Waals surface area (Å²) in [6, 6.07) is 61.9. The summed E-state index contributed by atoms with van der Waals surface area (Å²) in [5.74, 6) is 0. The van der Waals surface area contributed by atoms with Gasteiger partial charge in [0.1, 0.15) is 0 Å². The van der Waals surface area contributed by atoms with Crippen molar-refractivity contribution in [3.63, 3.8) is 0 Å². The van der Waals surface area contributed by atoms with Crippen LogP contribution in [0.2, 0.25) is 0 Å². The van der Waals surface area contributed by atoms with Gasteiger partial charge in [-0.15, -0.1) is 0 Å². The van der Waals surface area contributed by atoms with E-state index in [9.17, 15) is 0 Å². The lowest BCUT2D eigenvalue weighted by molar-refractivity contribution is 0.493. The number of anilines is 6. The van der Waals surface area contributed by atoms with E-state index in [0.717, 1.165) is 29.2 Å². The summed E-state index contributed by atoms with van der Waals surface area (Å²) >= 11 is 0. The van der Waals surface area contributed by atoms with Crippen molar-refractivity contribution in [1.29, 1.82) is 0 Å². The third kappa shape index (κ3) is 5.48. The highest BCUT2D eigenvalue weighted by Crippen LogP contribution is 2.57. The van der Waals surface area contributed by atoms with Gasteiger partial charge in [-0.3, -0.25) is 0 Å². The van der Waals surface area contributed by atoms with Crippen molar-refractivity contribution in [2.45, 2.75) is 44.9 Å². The summed E-state index contributed by atoms with van der Waals surface area (Å²) in [6.07, 6.45) is 4.70. The molecule has 7 aromatic rings. The number of hydrogen-bond donors (Lipinski definition) is 0. The standard InChI is InChI=1S/C47H42N2/c1-3-4-19-32-47(2)43-33-39(48(35-20-9-5-10-21-35)36-22-11-6-12-23-36)30-31-42(43)46-41-29-18-17-28-40(41)45(34-44(46)47)49(37-24-13-7-14-25-37)38-26-15-8-16-27-38/h5-18,20-31,33-34H,3-4,19,32H2,1-2H3. The molecular weight excluding hydrogens is 593 g/mol. The van der Waals surface area contributed by atoms with Crippen molar-refractivity contribution < 1.29 is 0 Å². The van der Waals surface area contributed by atoms with Gasteiger partial charge in [-0.05, 0) is 101 Å². The molecule has 0 spiro atoms. The van der Waals surface area contributed by atoms with Gasteiger partial charge in [0, 0.05) is 39.2 Å². The maximum atomic E-state index is 2.52. The summed E-state index contributed by atoms with van der Waals surface area (Å²) < 4.78 is 0. The second-order valence-corrected chi connectivity index (χ2v) is 13.4. The Morgan fingerprint density at radius 3 is 1.47 bits per heavy atom. The van der Waals surface area contributed by atoms with Crippen molar-refractivity contribution in [2.75, 3.05) is 9.80 Å². The summed E-state index contributed by atoms with van der Waals surface area (Å²) in [5.41, 5.74) is 12.5. The molecular formula is C47H42N2. The summed E-state index contributed by atoms with van der Waals surface area (Å²) in [4.78, 5) is 4.84. The van der Waals surface area contributed by atoms with Crippen LogP contribution < -0.4 is 9.80 Å². The lowest BCUT2D eigenvalue weighted by Crippen LogP contribution is -2.22. The summed E-state index contributed by atoms with van der Waals surface area (Å²) in [7, 11) is 0. The number of para-hydroxylation sites is 4. The SMILES string of the molecule is CCCCCC1(C)c2cc(N(c3ccccc3)c3ccccc3)ccc2-c2c1cc(N(c1ccccc1)c1ccccc1)c1ccccc21. The summed E-state index contributed by atoms with van der Waals surface area (Å²) in [6.45, 7) is 4.80. The number of nitrogens with zero attached hydrogens (tertiary/aromatic N) is 2. The largest absolute Gasteiger partial charge is 0.310 e. The molecule has 8 rings (SSSR count). The van der Waals surface area contributed by atoms with Gasteiger partial charge >= 0.3 is 0 Å². The smallest absolute Gasteiger partial charge is 0.0543 e. The number of fused-ring (bicyclic) bond motifs is 5. The van der Waals surface area contributed by atoms with Crippen LogP contribution in [0.4, 0.5) is 34.1 Å². The van der Waals surface area contributed by atoms with E-state index in [1.807, 2.05) is 0 Å². The fourth-order valence-corrected chi connectivity index (χ4v) is 7.94. The van der Waals surface area contributed by atoms with Crippen LogP contribution in [0, 0.1) is 0 Å². The number of hydrogen-bond acceptors (Lipinski definition) is 2. The number of benzene rings is 7. The van der Waals surface area contributed by atoms with Crippen molar-refractivity contribution in [3.05, 3.63) is 181 Å². The molecule has 0 aromatic heterocycles. The van der Waals surface area contributed by atoms with Gasteiger partial charge in [0.25, 0.3) is 0 Å². The summed E-state index contributed by atoms with van der Waals surface area (Å²) in [5, 5.41) is 2.57. The highest BCUT2D eigenvalue weighted by molar-refractivity contribution is 6.10. The Kier molecular flexibility index (Phi) is 8.23. The number of unbranched alkanes of at least 4 members (excludes halogenated alkanes) is 2. The van der Waals surface area contributed by atoms with E-state index >= 15 is 0 Å². The Labute approximate surface area is 290 Å². The first kappa shape index (κ1) is 30.7. The zero-order chi connectivity index (χ0) is 33.2. The molecule has 0 saturated heterocycles. The van der Waals surface area contributed by atoms with E-state index in [4.69, 9.17) is 0 Å². The van der Waals surface area contributed by atoms with Gasteiger partial charge in [-0.25, -0.2) is 0 Å². The van der Waals surface area contributed by atoms with E-state index in [1.165, 1.54) is 63.7 Å². The van der Waals surface area contributed by atoms with E-state index in [1.54, 1.807) is 0 Å². The van der Waals surface area contributed by atoms with Crippen molar-refractivity contribution >= 4 is 44.9 Å². The lowest BCUT2D eigenvalue weighted by atomic mass is 9.75. The topological polar surface area (TPSA) is 6.48 Å². The lowest BCUT2D eigenvalue weighted by Gasteiger charge is -2.32. The minimum Gasteiger partial charge on any atom is -0.310 e. The Hall–Kier alpha value is -5.60. The maximum Gasteiger partial charge on any atom is 0.0543 e. The first-order valence-electron chi connectivity index (χ1n) is 17.7. The van der Waals surface area contributed by atoms with Crippen LogP contribution >= 0.6 is 0 Å². The van der Waals surface area contributed by atoms with Crippen LogP contribution in [-0.2, 0) is 5.41 Å². The Bertz CT molecular complexity index is 2110. The molecule has 0 aliphatic heterocycles. The predicted octanol–water partition coefficient (Wildman–Crippen LogP) is 13.6. The maximum absolute atomic E-state index is 2.52. The Morgan fingerprint density at radius 1 is 0.449 bits per heavy atom. The highest BCUT2D eigenvalue weighted by Gasteiger charge is 2.41. The Morgan fingerprint density at radius 2 is 0.939 bits per heavy atom. The van der Waals surface area contributed by atoms with Crippen LogP contribution in [-0.4, -0.2) is 0 Å². The predicted molar refractivity (Wildman–Crippen MR) is 209 cm³/mol. The van der Waals surface area contributed by atoms with Gasteiger partial charge < -0.3 is 9.80 Å². The molecule has 0 N–H and O–H groups in total. The van der Waals surface area contributed by atoms with Gasteiger partial charge in [0.15, 0.2) is 0 Å². The molecule has 1 aliphatic carbocycles. The second kappa shape index (κ2) is 13.1. The second-order valence-electron chi connectivity index (χ2n) is 13.4. The van der Waals surface area contributed by atoms with Gasteiger partial charge in [-0.1, -0.05) is 136 Å². The molecule has 0 heterocycles. The first-order chi connectivity index (χ1) is 24.2. The van der Waals surface area contributed by atoms with Crippen LogP contribution in [0.3, 0.4) is 0 Å². The van der Waals surface area contributed by atoms with Crippen LogP contribution in [0.1, 0.15) is 50.7 Å². The first-order valence-corrected chi connectivity index (χ1v) is 17.7. The van der Waals surface area contributed by atoms with E-state index in [-0.39, 0.29) is 5.41 Å². The molecule has 0 fully saturated rings. The van der Waals surface area contributed by atoms with Gasteiger partial charge in [0.2, 0.25) is 0 Å². The minimum absolute atomic E-state index is 0.160. The third-order valence-corrected chi connectivity index (χ3v) is 10.3. The van der Waals surface area contributed by atoms with E-state index in [2.05, 4.69) is 194 Å². The van der Waals surface area contributed by atoms with Crippen molar-refractivity contribution in [3.8, 4) is 11.1 Å². The zero-order valence-electron chi connectivity index (χ0n) is 28.4. The van der Waals surface area contributed by atoms with Crippen LogP contribution in [0.5, 0.6) is 0 Å². The minimum atomic E-state index is -0.160. The quantitative estimate of drug-likeness (QED) is 0.138. The average molecular weight is 635 g/mol. The molecule has 7 aromatic carbocycles. The molecule has 2 nitrogen and oxygen atoms in total. The molecule has 0 radical (unpaired) electrons. The number of rotatable bonds is 10. The third-order valence-electron chi connectivity index (χ3n) is 10.3. The fraction of sp³-hybridized carbons (Fsp3) is 0.149. The molecule has 0 saturated carbocycles. The highest BCUT2D eigenvalue weighted by atomic mass is 15.1. The molecule has 0 bridgehead atoms. The van der Waals surface area contributed by atoms with Gasteiger partial charge in [-0.2, -0.15) is 0 Å². The van der Waals surface area contributed by atoms with Crippen molar-refractivity contribution in [1.82, 2.24) is 0 Å². The molecule has 1 unspecified atom stereocenters. The zero-order valence-corrected chi connectivity index (χ0v) is 28.4. The molecule has 240 valence electrons. The fourth-order valence-electron chi connectivity index (χ4n) is 7.94.